The van der Waals surface area contributed by atoms with Crippen molar-refractivity contribution in [3.8, 4) is 12.3 Å². The average Bonchev–Trinajstić information content (AvgIpc) is 2.34. The minimum atomic E-state index is 0.375. The molecule has 0 radical (unpaired) electrons. The van der Waals surface area contributed by atoms with Crippen LogP contribution in [0.1, 0.15) is 18.5 Å². The van der Waals surface area contributed by atoms with Crippen molar-refractivity contribution in [3.05, 3.63) is 34.9 Å². The van der Waals surface area contributed by atoms with Crippen LogP contribution < -0.4 is 5.32 Å². The van der Waals surface area contributed by atoms with Gasteiger partial charge in [-0.25, -0.2) is 0 Å². The summed E-state index contributed by atoms with van der Waals surface area (Å²) in [4.78, 5) is 2.28. The lowest BCUT2D eigenvalue weighted by Crippen LogP contribution is -2.31. The highest BCUT2D eigenvalue weighted by atomic mass is 35.5. The molecule has 0 heterocycles. The molecule has 1 atom stereocenters. The van der Waals surface area contributed by atoms with E-state index in [1.54, 1.807) is 0 Å². The molecule has 2 nitrogen and oxygen atoms in total. The van der Waals surface area contributed by atoms with Gasteiger partial charge in [-0.2, -0.15) is 0 Å². The van der Waals surface area contributed by atoms with Crippen LogP contribution in [-0.2, 0) is 0 Å². The molecule has 1 rings (SSSR count). The monoisotopic (exact) mass is 250 g/mol. The van der Waals surface area contributed by atoms with Crippen LogP contribution in [0.15, 0.2) is 24.3 Å². The third-order valence-electron chi connectivity index (χ3n) is 2.88. The van der Waals surface area contributed by atoms with E-state index < -0.39 is 0 Å². The molecular weight excluding hydrogens is 232 g/mol. The number of benzene rings is 1. The first kappa shape index (κ1) is 14.1. The zero-order valence-corrected chi connectivity index (χ0v) is 11.2. The van der Waals surface area contributed by atoms with Gasteiger partial charge in [0.2, 0.25) is 0 Å². The lowest BCUT2D eigenvalue weighted by atomic mass is 10.1. The molecule has 0 aliphatic rings. The summed E-state index contributed by atoms with van der Waals surface area (Å²) in [7, 11) is 2.11. The molecule has 1 N–H and O–H groups in total. The Hall–Kier alpha value is -1.01. The first-order valence-corrected chi connectivity index (χ1v) is 6.13. The third-order valence-corrected chi connectivity index (χ3v) is 3.13. The average molecular weight is 251 g/mol. The highest BCUT2D eigenvalue weighted by Crippen LogP contribution is 2.20. The fourth-order valence-corrected chi connectivity index (χ4v) is 1.73. The van der Waals surface area contributed by atoms with Crippen LogP contribution in [0.4, 0.5) is 0 Å². The molecule has 0 spiro atoms. The van der Waals surface area contributed by atoms with Gasteiger partial charge in [0, 0.05) is 24.2 Å². The van der Waals surface area contributed by atoms with Gasteiger partial charge in [-0.15, -0.1) is 6.42 Å². The Kier molecular flexibility index (Phi) is 6.07. The van der Waals surface area contributed by atoms with Gasteiger partial charge in [0.1, 0.15) is 0 Å². The topological polar surface area (TPSA) is 15.3 Å². The first-order valence-electron chi connectivity index (χ1n) is 5.75. The van der Waals surface area contributed by atoms with Crippen LogP contribution >= 0.6 is 11.6 Å². The molecular formula is C14H19ClN2. The van der Waals surface area contributed by atoms with E-state index in [-0.39, 0.29) is 0 Å². The van der Waals surface area contributed by atoms with Crippen LogP contribution in [-0.4, -0.2) is 31.6 Å². The minimum Gasteiger partial charge on any atom is -0.305 e. The van der Waals surface area contributed by atoms with Gasteiger partial charge in [0.25, 0.3) is 0 Å². The Labute approximate surface area is 109 Å². The van der Waals surface area contributed by atoms with E-state index in [9.17, 15) is 0 Å². The van der Waals surface area contributed by atoms with E-state index in [0.29, 0.717) is 12.6 Å². The molecule has 0 bridgehead atoms. The number of nitrogens with zero attached hydrogens (tertiary/aromatic N) is 1. The van der Waals surface area contributed by atoms with Crippen LogP contribution in [0.2, 0.25) is 5.02 Å². The molecule has 1 aromatic rings. The van der Waals surface area contributed by atoms with Crippen molar-refractivity contribution in [1.29, 1.82) is 0 Å². The van der Waals surface area contributed by atoms with E-state index >= 15 is 0 Å². The van der Waals surface area contributed by atoms with Crippen LogP contribution in [0.25, 0.3) is 0 Å². The number of halogens is 1. The highest BCUT2D eigenvalue weighted by molar-refractivity contribution is 6.30. The molecule has 1 aromatic carbocycles. The molecule has 17 heavy (non-hydrogen) atoms. The summed E-state index contributed by atoms with van der Waals surface area (Å²) in [5, 5.41) is 3.96. The second-order valence-electron chi connectivity index (χ2n) is 4.09. The molecule has 0 aliphatic carbocycles. The predicted molar refractivity (Wildman–Crippen MR) is 74.2 cm³/mol. The smallest absolute Gasteiger partial charge is 0.0574 e. The van der Waals surface area contributed by atoms with E-state index in [4.69, 9.17) is 18.0 Å². The van der Waals surface area contributed by atoms with Crippen molar-refractivity contribution in [1.82, 2.24) is 10.2 Å². The van der Waals surface area contributed by atoms with Crippen molar-refractivity contribution in [2.24, 2.45) is 0 Å². The maximum absolute atomic E-state index is 5.87. The van der Waals surface area contributed by atoms with Gasteiger partial charge in [-0.05, 0) is 31.7 Å². The van der Waals surface area contributed by atoms with E-state index in [1.807, 2.05) is 12.1 Å². The Balaban J connectivity index is 2.43. The molecule has 92 valence electrons. The van der Waals surface area contributed by atoms with E-state index in [0.717, 1.165) is 18.1 Å². The van der Waals surface area contributed by atoms with Crippen molar-refractivity contribution < 1.29 is 0 Å². The van der Waals surface area contributed by atoms with Crippen molar-refractivity contribution >= 4 is 11.6 Å². The molecule has 0 aromatic heterocycles. The Morgan fingerprint density at radius 2 is 2.06 bits per heavy atom. The summed E-state index contributed by atoms with van der Waals surface area (Å²) in [6.45, 7) is 4.68. The van der Waals surface area contributed by atoms with Crippen molar-refractivity contribution in [2.45, 2.75) is 13.0 Å². The molecule has 0 saturated carbocycles. The molecule has 0 fully saturated rings. The van der Waals surface area contributed by atoms with Gasteiger partial charge in [0.15, 0.2) is 0 Å². The fraction of sp³-hybridized carbons (Fsp3) is 0.429. The molecule has 3 heteroatoms. The lowest BCUT2D eigenvalue weighted by Gasteiger charge is -2.25. The van der Waals surface area contributed by atoms with Gasteiger partial charge in [0.05, 0.1) is 6.54 Å². The van der Waals surface area contributed by atoms with Gasteiger partial charge in [-0.1, -0.05) is 29.7 Å². The van der Waals surface area contributed by atoms with Gasteiger partial charge >= 0.3 is 0 Å². The quantitative estimate of drug-likeness (QED) is 0.617. The highest BCUT2D eigenvalue weighted by Gasteiger charge is 2.10. The minimum absolute atomic E-state index is 0.375. The summed E-state index contributed by atoms with van der Waals surface area (Å²) in [6.07, 6.45) is 5.17. The maximum Gasteiger partial charge on any atom is 0.0574 e. The largest absolute Gasteiger partial charge is 0.305 e. The summed E-state index contributed by atoms with van der Waals surface area (Å²) in [5.41, 5.74) is 1.27. The van der Waals surface area contributed by atoms with Crippen molar-refractivity contribution in [3.63, 3.8) is 0 Å². The molecule has 0 saturated heterocycles. The number of likely N-dealkylation sites (N-methyl/N-ethyl adjacent to an activating group) is 1. The Morgan fingerprint density at radius 1 is 1.41 bits per heavy atom. The third kappa shape index (κ3) is 4.79. The van der Waals surface area contributed by atoms with Crippen LogP contribution in [0, 0.1) is 12.3 Å². The number of hydrogen-bond donors (Lipinski definition) is 1. The SMILES string of the molecule is C#CCNCCN(C)C(C)c1ccc(Cl)cc1. The molecule has 1 unspecified atom stereocenters. The van der Waals surface area contributed by atoms with E-state index in [2.05, 4.69) is 42.2 Å². The normalized spacial score (nSPS) is 12.4. The standard InChI is InChI=1S/C14H19ClN2/c1-4-9-16-10-11-17(3)12(2)13-5-7-14(15)8-6-13/h1,5-8,12,16H,9-11H2,2-3H3. The van der Waals surface area contributed by atoms with Crippen LogP contribution in [0.5, 0.6) is 0 Å². The summed E-state index contributed by atoms with van der Waals surface area (Å²) in [6, 6.07) is 8.37. The van der Waals surface area contributed by atoms with Gasteiger partial charge in [-0.3, -0.25) is 4.90 Å². The zero-order chi connectivity index (χ0) is 12.7. The zero-order valence-electron chi connectivity index (χ0n) is 10.4. The van der Waals surface area contributed by atoms with Crippen molar-refractivity contribution in [2.75, 3.05) is 26.7 Å². The maximum atomic E-state index is 5.87. The second-order valence-corrected chi connectivity index (χ2v) is 4.53. The molecule has 0 aliphatic heterocycles. The Bertz CT molecular complexity index is 367. The fourth-order valence-electron chi connectivity index (χ4n) is 1.61. The molecule has 0 amide bonds. The summed E-state index contributed by atoms with van der Waals surface area (Å²) in [5.74, 6) is 2.56. The van der Waals surface area contributed by atoms with E-state index in [1.165, 1.54) is 5.56 Å². The number of terminal acetylenes is 1. The summed E-state index contributed by atoms with van der Waals surface area (Å²) >= 11 is 5.87. The Morgan fingerprint density at radius 3 is 2.65 bits per heavy atom. The predicted octanol–water partition coefficient (Wildman–Crippen LogP) is 2.56. The number of rotatable bonds is 6. The second kappa shape index (κ2) is 7.34. The lowest BCUT2D eigenvalue weighted by molar-refractivity contribution is 0.262. The number of nitrogens with one attached hydrogen (secondary N) is 1. The van der Waals surface area contributed by atoms with Gasteiger partial charge < -0.3 is 5.32 Å². The number of hydrogen-bond acceptors (Lipinski definition) is 2. The van der Waals surface area contributed by atoms with Crippen LogP contribution in [0.3, 0.4) is 0 Å². The summed E-state index contributed by atoms with van der Waals surface area (Å²) < 4.78 is 0. The first-order chi connectivity index (χ1) is 8.15.